The van der Waals surface area contributed by atoms with Gasteiger partial charge >= 0.3 is 0 Å². The lowest BCUT2D eigenvalue weighted by Gasteiger charge is -2.08. The summed E-state index contributed by atoms with van der Waals surface area (Å²) in [5.74, 6) is -0.0724. The molecule has 21 heavy (non-hydrogen) atoms. The molecule has 0 saturated heterocycles. The number of nitrogens with one attached hydrogen (secondary N) is 1. The molecular weight excluding hydrogens is 262 g/mol. The van der Waals surface area contributed by atoms with Crippen molar-refractivity contribution in [2.45, 2.75) is 13.5 Å². The highest BCUT2D eigenvalue weighted by atomic mass is 16.1. The molecule has 1 aromatic carbocycles. The van der Waals surface area contributed by atoms with E-state index in [1.165, 1.54) is 5.56 Å². The number of hydrogen-bond donors (Lipinski definition) is 1. The fourth-order valence-electron chi connectivity index (χ4n) is 2.58. The first-order valence-corrected chi connectivity index (χ1v) is 6.89. The molecule has 0 saturated carbocycles. The average Bonchev–Trinajstić information content (AvgIpc) is 2.89. The Hall–Kier alpha value is -2.62. The van der Waals surface area contributed by atoms with Crippen LogP contribution in [0.1, 0.15) is 21.6 Å². The van der Waals surface area contributed by atoms with Gasteiger partial charge in [-0.25, -0.2) is 0 Å². The summed E-state index contributed by atoms with van der Waals surface area (Å²) in [5, 5.41) is 3.91. The molecule has 0 aliphatic rings. The van der Waals surface area contributed by atoms with Crippen LogP contribution in [0.3, 0.4) is 0 Å². The Labute approximate surface area is 123 Å². The van der Waals surface area contributed by atoms with E-state index in [1.54, 1.807) is 6.20 Å². The second-order valence-corrected chi connectivity index (χ2v) is 5.12. The van der Waals surface area contributed by atoms with E-state index < -0.39 is 0 Å². The normalized spacial score (nSPS) is 10.8. The number of aromatic nitrogens is 2. The Morgan fingerprint density at radius 3 is 2.86 bits per heavy atom. The summed E-state index contributed by atoms with van der Waals surface area (Å²) >= 11 is 0. The van der Waals surface area contributed by atoms with Crippen molar-refractivity contribution in [1.82, 2.24) is 14.9 Å². The maximum atomic E-state index is 12.4. The average molecular weight is 279 g/mol. The minimum atomic E-state index is -0.0724. The third-order valence-electron chi connectivity index (χ3n) is 3.64. The number of amides is 1. The molecule has 0 aliphatic heterocycles. The fourth-order valence-corrected chi connectivity index (χ4v) is 2.58. The van der Waals surface area contributed by atoms with Crippen molar-refractivity contribution in [3.63, 3.8) is 0 Å². The van der Waals surface area contributed by atoms with Crippen molar-refractivity contribution in [3.8, 4) is 0 Å². The highest BCUT2D eigenvalue weighted by molar-refractivity contribution is 6.07. The topological polar surface area (TPSA) is 46.9 Å². The number of benzene rings is 1. The molecule has 3 aromatic rings. The van der Waals surface area contributed by atoms with Crippen molar-refractivity contribution in [2.75, 3.05) is 0 Å². The third kappa shape index (κ3) is 2.52. The summed E-state index contributed by atoms with van der Waals surface area (Å²) in [6.07, 6.45) is 3.70. The minimum Gasteiger partial charge on any atom is -0.350 e. The van der Waals surface area contributed by atoms with E-state index in [-0.39, 0.29) is 5.91 Å². The summed E-state index contributed by atoms with van der Waals surface area (Å²) in [6.45, 7) is 2.49. The Morgan fingerprint density at radius 2 is 2.10 bits per heavy atom. The van der Waals surface area contributed by atoms with Crippen molar-refractivity contribution in [1.29, 1.82) is 0 Å². The molecule has 4 heteroatoms. The molecule has 0 unspecified atom stereocenters. The van der Waals surface area contributed by atoms with Crippen LogP contribution in [0.25, 0.3) is 10.9 Å². The highest BCUT2D eigenvalue weighted by Gasteiger charge is 2.13. The van der Waals surface area contributed by atoms with Gasteiger partial charge in [0.1, 0.15) is 0 Å². The van der Waals surface area contributed by atoms with E-state index in [1.807, 2.05) is 54.2 Å². The van der Waals surface area contributed by atoms with Crippen LogP contribution in [0.2, 0.25) is 0 Å². The zero-order valence-electron chi connectivity index (χ0n) is 12.1. The molecule has 1 amide bonds. The van der Waals surface area contributed by atoms with E-state index in [0.29, 0.717) is 12.1 Å². The van der Waals surface area contributed by atoms with Gasteiger partial charge in [-0.3, -0.25) is 9.78 Å². The SMILES string of the molecule is Cc1ccc(C(=O)NCc2ccccn2)c2ccn(C)c12. The zero-order valence-corrected chi connectivity index (χ0v) is 12.1. The molecule has 106 valence electrons. The van der Waals surface area contributed by atoms with Gasteiger partial charge in [0, 0.05) is 30.4 Å². The Morgan fingerprint density at radius 1 is 1.24 bits per heavy atom. The number of aryl methyl sites for hydroxylation is 2. The van der Waals surface area contributed by atoms with Gasteiger partial charge in [0.2, 0.25) is 0 Å². The summed E-state index contributed by atoms with van der Waals surface area (Å²) < 4.78 is 2.04. The number of fused-ring (bicyclic) bond motifs is 1. The van der Waals surface area contributed by atoms with Gasteiger partial charge in [-0.2, -0.15) is 0 Å². The molecular formula is C17H17N3O. The van der Waals surface area contributed by atoms with Crippen LogP contribution >= 0.6 is 0 Å². The molecule has 0 spiro atoms. The van der Waals surface area contributed by atoms with Crippen molar-refractivity contribution in [3.05, 3.63) is 65.6 Å². The fraction of sp³-hybridized carbons (Fsp3) is 0.176. The predicted octanol–water partition coefficient (Wildman–Crippen LogP) is 2.81. The van der Waals surface area contributed by atoms with Gasteiger partial charge in [0.05, 0.1) is 17.8 Å². The van der Waals surface area contributed by atoms with E-state index >= 15 is 0 Å². The van der Waals surface area contributed by atoms with E-state index in [9.17, 15) is 4.79 Å². The highest BCUT2D eigenvalue weighted by Crippen LogP contribution is 2.23. The van der Waals surface area contributed by atoms with Crippen LogP contribution in [0, 0.1) is 6.92 Å². The van der Waals surface area contributed by atoms with Gasteiger partial charge in [0.15, 0.2) is 0 Å². The Kier molecular flexibility index (Phi) is 3.44. The van der Waals surface area contributed by atoms with Gasteiger partial charge in [-0.05, 0) is 36.8 Å². The third-order valence-corrected chi connectivity index (χ3v) is 3.64. The number of nitrogens with zero attached hydrogens (tertiary/aromatic N) is 2. The van der Waals surface area contributed by atoms with Crippen LogP contribution < -0.4 is 5.32 Å². The van der Waals surface area contributed by atoms with Gasteiger partial charge < -0.3 is 9.88 Å². The minimum absolute atomic E-state index is 0.0724. The molecule has 2 heterocycles. The summed E-state index contributed by atoms with van der Waals surface area (Å²) in [6, 6.07) is 11.5. The molecule has 0 fully saturated rings. The number of carbonyl (C=O) groups excluding carboxylic acids is 1. The summed E-state index contributed by atoms with van der Waals surface area (Å²) in [4.78, 5) is 16.6. The molecule has 2 aromatic heterocycles. The van der Waals surface area contributed by atoms with Crippen LogP contribution in [0.4, 0.5) is 0 Å². The lowest BCUT2D eigenvalue weighted by molar-refractivity contribution is 0.0952. The van der Waals surface area contributed by atoms with E-state index in [0.717, 1.165) is 16.6 Å². The zero-order chi connectivity index (χ0) is 14.8. The number of carbonyl (C=O) groups is 1. The summed E-state index contributed by atoms with van der Waals surface area (Å²) in [5.41, 5.74) is 3.81. The van der Waals surface area contributed by atoms with Crippen LogP contribution in [-0.4, -0.2) is 15.5 Å². The first kappa shape index (κ1) is 13.4. The molecule has 4 nitrogen and oxygen atoms in total. The Bertz CT molecular complexity index is 790. The first-order valence-electron chi connectivity index (χ1n) is 6.89. The van der Waals surface area contributed by atoms with E-state index in [4.69, 9.17) is 0 Å². The number of rotatable bonds is 3. The molecule has 0 atom stereocenters. The van der Waals surface area contributed by atoms with Crippen molar-refractivity contribution in [2.24, 2.45) is 7.05 Å². The number of pyridine rings is 1. The largest absolute Gasteiger partial charge is 0.350 e. The van der Waals surface area contributed by atoms with Crippen LogP contribution in [0.5, 0.6) is 0 Å². The van der Waals surface area contributed by atoms with Crippen molar-refractivity contribution < 1.29 is 4.79 Å². The van der Waals surface area contributed by atoms with Crippen molar-refractivity contribution >= 4 is 16.8 Å². The van der Waals surface area contributed by atoms with Gasteiger partial charge in [0.25, 0.3) is 5.91 Å². The quantitative estimate of drug-likeness (QED) is 0.801. The Balaban J connectivity index is 1.87. The van der Waals surface area contributed by atoms with Gasteiger partial charge in [-0.15, -0.1) is 0 Å². The first-order chi connectivity index (χ1) is 10.2. The summed E-state index contributed by atoms with van der Waals surface area (Å²) in [7, 11) is 1.99. The lowest BCUT2D eigenvalue weighted by Crippen LogP contribution is -2.23. The standard InChI is InChI=1S/C17H17N3O/c1-12-6-7-15(14-8-10-20(2)16(12)14)17(21)19-11-13-5-3-4-9-18-13/h3-10H,11H2,1-2H3,(H,19,21). The van der Waals surface area contributed by atoms with Gasteiger partial charge in [-0.1, -0.05) is 12.1 Å². The smallest absolute Gasteiger partial charge is 0.252 e. The van der Waals surface area contributed by atoms with Crippen LogP contribution in [0.15, 0.2) is 48.8 Å². The molecule has 3 rings (SSSR count). The maximum absolute atomic E-state index is 12.4. The molecule has 0 radical (unpaired) electrons. The second-order valence-electron chi connectivity index (χ2n) is 5.12. The molecule has 0 bridgehead atoms. The maximum Gasteiger partial charge on any atom is 0.252 e. The second kappa shape index (κ2) is 5.40. The predicted molar refractivity (Wildman–Crippen MR) is 83.1 cm³/mol. The lowest BCUT2D eigenvalue weighted by atomic mass is 10.1. The number of hydrogen-bond acceptors (Lipinski definition) is 2. The molecule has 1 N–H and O–H groups in total. The van der Waals surface area contributed by atoms with E-state index in [2.05, 4.69) is 17.2 Å². The van der Waals surface area contributed by atoms with Crippen LogP contribution in [-0.2, 0) is 13.6 Å². The monoisotopic (exact) mass is 279 g/mol. The molecule has 0 aliphatic carbocycles.